The summed E-state index contributed by atoms with van der Waals surface area (Å²) < 4.78 is 8.34. The minimum absolute atomic E-state index is 0.155. The average molecular weight is 381 g/mol. The standard InChI is InChI=1S/2C7H7NO2.O.Zr/c2*8-6-4-2-1-3-5(6)7(9)10;;/h2*1-4H,8H2,(H,9,10);;. The number of benzene rings is 2. The topological polar surface area (TPSA) is 144 Å². The van der Waals surface area contributed by atoms with Gasteiger partial charge in [0.15, 0.2) is 0 Å². The van der Waals surface area contributed by atoms with Crippen molar-refractivity contribution in [1.82, 2.24) is 0 Å². The van der Waals surface area contributed by atoms with E-state index in [0.717, 1.165) is 0 Å². The molecule has 0 aliphatic carbocycles. The summed E-state index contributed by atoms with van der Waals surface area (Å²) in [6, 6.07) is 12.7. The van der Waals surface area contributed by atoms with Crippen LogP contribution >= 0.6 is 0 Å². The summed E-state index contributed by atoms with van der Waals surface area (Å²) in [6.07, 6.45) is 0. The molecule has 0 amide bonds. The average Bonchev–Trinajstić information content (AvgIpc) is 2.50. The minimum atomic E-state index is -0.988. The van der Waals surface area contributed by atoms with Gasteiger partial charge in [0.25, 0.3) is 0 Å². The Morgan fingerprint density at radius 1 is 0.727 bits per heavy atom. The van der Waals surface area contributed by atoms with Gasteiger partial charge in [0.1, 0.15) is 0 Å². The predicted octanol–water partition coefficient (Wildman–Crippen LogP) is 1.81. The monoisotopic (exact) mass is 380 g/mol. The molecule has 114 valence electrons. The van der Waals surface area contributed by atoms with Gasteiger partial charge < -0.3 is 21.7 Å². The van der Waals surface area contributed by atoms with E-state index >= 15 is 0 Å². The van der Waals surface area contributed by atoms with Gasteiger partial charge in [-0.15, -0.1) is 0 Å². The van der Waals surface area contributed by atoms with Crippen LogP contribution in [0.1, 0.15) is 20.7 Å². The first kappa shape index (κ1) is 19.7. The SMILES string of the molecule is Nc1ccccc1C(=O)O.Nc1ccccc1C(=O)O.[O]=[Zr]. The van der Waals surface area contributed by atoms with Crippen molar-refractivity contribution >= 4 is 23.3 Å². The molecule has 6 N–H and O–H groups in total. The molecule has 0 spiro atoms. The van der Waals surface area contributed by atoms with E-state index in [9.17, 15) is 9.59 Å². The summed E-state index contributed by atoms with van der Waals surface area (Å²) in [5.74, 6) is -1.98. The molecule has 0 saturated heterocycles. The number of rotatable bonds is 2. The summed E-state index contributed by atoms with van der Waals surface area (Å²) >= 11 is 0.300. The zero-order valence-corrected chi connectivity index (χ0v) is 13.9. The third kappa shape index (κ3) is 6.41. The van der Waals surface area contributed by atoms with E-state index in [0.29, 0.717) is 36.1 Å². The van der Waals surface area contributed by atoms with Gasteiger partial charge in [-0.05, 0) is 24.3 Å². The second-order valence-corrected chi connectivity index (χ2v) is 3.78. The number of aromatic carboxylic acids is 2. The second kappa shape index (κ2) is 10.4. The van der Waals surface area contributed by atoms with Crippen LogP contribution in [0.5, 0.6) is 0 Å². The number of para-hydroxylation sites is 2. The van der Waals surface area contributed by atoms with Crippen LogP contribution in [-0.2, 0) is 27.5 Å². The van der Waals surface area contributed by atoms with Crippen LogP contribution in [0, 0.1) is 0 Å². The molecule has 8 heteroatoms. The Morgan fingerprint density at radius 3 is 1.18 bits per heavy atom. The predicted molar refractivity (Wildman–Crippen MR) is 76.3 cm³/mol. The van der Waals surface area contributed by atoms with Crippen LogP contribution in [0.2, 0.25) is 0 Å². The van der Waals surface area contributed by atoms with Crippen LogP contribution in [0.15, 0.2) is 48.5 Å². The Labute approximate surface area is 141 Å². The Bertz CT molecular complexity index is 593. The summed E-state index contributed by atoms with van der Waals surface area (Å²) in [6.45, 7) is 0. The number of hydrogen-bond donors (Lipinski definition) is 4. The van der Waals surface area contributed by atoms with E-state index in [-0.39, 0.29) is 11.1 Å². The second-order valence-electron chi connectivity index (χ2n) is 3.78. The van der Waals surface area contributed by atoms with Gasteiger partial charge in [-0.3, -0.25) is 0 Å². The van der Waals surface area contributed by atoms with Gasteiger partial charge in [-0.2, -0.15) is 0 Å². The summed E-state index contributed by atoms with van der Waals surface area (Å²) in [4.78, 5) is 20.7. The van der Waals surface area contributed by atoms with Crippen LogP contribution in [0.25, 0.3) is 0 Å². The normalized spacial score (nSPS) is 8.50. The van der Waals surface area contributed by atoms with Gasteiger partial charge in [-0.1, -0.05) is 24.3 Å². The molecule has 0 aromatic heterocycles. The van der Waals surface area contributed by atoms with Crippen molar-refractivity contribution in [3.05, 3.63) is 59.7 Å². The van der Waals surface area contributed by atoms with Gasteiger partial charge in [0.05, 0.1) is 11.1 Å². The molecule has 0 unspecified atom stereocenters. The summed E-state index contributed by atoms with van der Waals surface area (Å²) in [5, 5.41) is 17.0. The molecule has 0 fully saturated rings. The fraction of sp³-hybridized carbons (Fsp3) is 0. The first-order valence-corrected chi connectivity index (χ1v) is 6.80. The van der Waals surface area contributed by atoms with Gasteiger partial charge in [-0.25, -0.2) is 9.59 Å². The van der Waals surface area contributed by atoms with E-state index in [1.807, 2.05) is 0 Å². The third-order valence-electron chi connectivity index (χ3n) is 2.38. The molecular formula is C14H14N2O5Zr. The van der Waals surface area contributed by atoms with E-state index in [1.165, 1.54) is 12.1 Å². The fourth-order valence-electron chi connectivity index (χ4n) is 1.38. The molecule has 7 nitrogen and oxygen atoms in total. The van der Waals surface area contributed by atoms with Gasteiger partial charge in [0.2, 0.25) is 0 Å². The molecule has 0 heterocycles. The number of carbonyl (C=O) groups is 2. The van der Waals surface area contributed by atoms with E-state index in [2.05, 4.69) is 0 Å². The number of carboxylic acid groups (broad SMARTS) is 2. The number of carboxylic acids is 2. The van der Waals surface area contributed by atoms with Crippen LogP contribution in [-0.4, -0.2) is 22.2 Å². The molecule has 22 heavy (non-hydrogen) atoms. The molecule has 2 aromatic rings. The van der Waals surface area contributed by atoms with Crippen molar-refractivity contribution in [1.29, 1.82) is 0 Å². The van der Waals surface area contributed by atoms with Crippen molar-refractivity contribution in [2.75, 3.05) is 11.5 Å². The quantitative estimate of drug-likeness (QED) is 0.581. The van der Waals surface area contributed by atoms with Crippen molar-refractivity contribution < 1.29 is 47.3 Å². The maximum atomic E-state index is 10.3. The summed E-state index contributed by atoms with van der Waals surface area (Å²) in [7, 11) is 0. The first-order valence-electron chi connectivity index (χ1n) is 5.79. The van der Waals surface area contributed by atoms with Crippen LogP contribution in [0.4, 0.5) is 11.4 Å². The molecule has 0 radical (unpaired) electrons. The van der Waals surface area contributed by atoms with Crippen molar-refractivity contribution in [3.8, 4) is 0 Å². The molecule has 0 aliphatic rings. The summed E-state index contributed by atoms with van der Waals surface area (Å²) in [5.41, 5.74) is 11.6. The Kier molecular flexibility index (Phi) is 9.29. The van der Waals surface area contributed by atoms with Gasteiger partial charge in [0, 0.05) is 11.4 Å². The van der Waals surface area contributed by atoms with Crippen LogP contribution in [0.3, 0.4) is 0 Å². The van der Waals surface area contributed by atoms with Gasteiger partial charge >= 0.3 is 39.5 Å². The molecule has 2 rings (SSSR count). The zero-order chi connectivity index (χ0) is 17.1. The number of hydrogen-bond acceptors (Lipinski definition) is 5. The molecule has 0 saturated carbocycles. The maximum absolute atomic E-state index is 10.3. The Balaban J connectivity index is 0.000000360. The molecule has 0 bridgehead atoms. The molecule has 0 atom stereocenters. The van der Waals surface area contributed by atoms with E-state index in [1.54, 1.807) is 36.4 Å². The molecule has 2 aromatic carbocycles. The van der Waals surface area contributed by atoms with Crippen molar-refractivity contribution in [3.63, 3.8) is 0 Å². The molecule has 0 aliphatic heterocycles. The number of nitrogen functional groups attached to an aromatic ring is 2. The van der Waals surface area contributed by atoms with Crippen molar-refractivity contribution in [2.45, 2.75) is 0 Å². The fourth-order valence-corrected chi connectivity index (χ4v) is 1.38. The Hall–Kier alpha value is -2.34. The Morgan fingerprint density at radius 2 is 1.00 bits per heavy atom. The number of nitrogens with two attached hydrogens (primary N) is 2. The third-order valence-corrected chi connectivity index (χ3v) is 2.38. The zero-order valence-electron chi connectivity index (χ0n) is 11.4. The molecular weight excluding hydrogens is 367 g/mol. The van der Waals surface area contributed by atoms with Crippen molar-refractivity contribution in [2.24, 2.45) is 0 Å². The number of anilines is 2. The first-order chi connectivity index (χ1) is 10.4. The van der Waals surface area contributed by atoms with E-state index in [4.69, 9.17) is 24.5 Å². The van der Waals surface area contributed by atoms with Crippen LogP contribution < -0.4 is 11.5 Å². The van der Waals surface area contributed by atoms with E-state index < -0.39 is 11.9 Å².